The van der Waals surface area contributed by atoms with E-state index in [9.17, 15) is 9.59 Å². The molecule has 27 heavy (non-hydrogen) atoms. The molecule has 1 aromatic rings. The molecule has 8 nitrogen and oxygen atoms in total. The zero-order valence-corrected chi connectivity index (χ0v) is 15.6. The first-order valence-electron chi connectivity index (χ1n) is 9.40. The van der Waals surface area contributed by atoms with Crippen molar-refractivity contribution in [1.82, 2.24) is 10.2 Å². The van der Waals surface area contributed by atoms with Crippen LogP contribution in [0.3, 0.4) is 0 Å². The van der Waals surface area contributed by atoms with Crippen molar-refractivity contribution in [2.45, 2.75) is 38.5 Å². The van der Waals surface area contributed by atoms with E-state index in [1.807, 2.05) is 32.0 Å². The quantitative estimate of drug-likeness (QED) is 0.845. The highest BCUT2D eigenvalue weighted by atomic mass is 16.6. The van der Waals surface area contributed by atoms with Crippen molar-refractivity contribution < 1.29 is 23.8 Å². The summed E-state index contributed by atoms with van der Waals surface area (Å²) < 4.78 is 16.8. The van der Waals surface area contributed by atoms with Crippen molar-refractivity contribution in [3.8, 4) is 11.5 Å². The van der Waals surface area contributed by atoms with Crippen molar-refractivity contribution in [2.75, 3.05) is 37.7 Å². The number of carbonyl (C=O) groups excluding carboxylic acids is 2. The number of nitrogens with zero attached hydrogens (tertiary/aromatic N) is 2. The van der Waals surface area contributed by atoms with Crippen LogP contribution in [-0.2, 0) is 9.53 Å². The molecular formula is C19H25N3O5. The lowest BCUT2D eigenvalue weighted by molar-refractivity contribution is -0.117. The number of hydrogen-bond donors (Lipinski definition) is 1. The van der Waals surface area contributed by atoms with E-state index >= 15 is 0 Å². The number of benzene rings is 1. The monoisotopic (exact) mass is 375 g/mol. The number of fused-ring (bicyclic) bond motifs is 1. The summed E-state index contributed by atoms with van der Waals surface area (Å²) in [5, 5.41) is 3.00. The van der Waals surface area contributed by atoms with Gasteiger partial charge in [-0.3, -0.25) is 4.79 Å². The van der Waals surface area contributed by atoms with Gasteiger partial charge in [0.1, 0.15) is 13.2 Å². The first-order chi connectivity index (χ1) is 13.0. The summed E-state index contributed by atoms with van der Waals surface area (Å²) in [5.41, 5.74) is 0.759. The summed E-state index contributed by atoms with van der Waals surface area (Å²) in [4.78, 5) is 28.5. The molecule has 0 spiro atoms. The molecule has 0 saturated carbocycles. The van der Waals surface area contributed by atoms with Crippen LogP contribution < -0.4 is 19.7 Å². The second kappa shape index (κ2) is 7.26. The molecule has 0 unspecified atom stereocenters. The first-order valence-corrected chi connectivity index (χ1v) is 9.40. The van der Waals surface area contributed by atoms with Gasteiger partial charge in [0.25, 0.3) is 0 Å². The van der Waals surface area contributed by atoms with Crippen LogP contribution in [0.15, 0.2) is 18.2 Å². The van der Waals surface area contributed by atoms with Crippen molar-refractivity contribution in [1.29, 1.82) is 0 Å². The molecule has 2 saturated heterocycles. The van der Waals surface area contributed by atoms with E-state index in [4.69, 9.17) is 14.2 Å². The minimum atomic E-state index is -0.216. The minimum absolute atomic E-state index is 0.0129. The van der Waals surface area contributed by atoms with Gasteiger partial charge in [-0.2, -0.15) is 0 Å². The van der Waals surface area contributed by atoms with Crippen molar-refractivity contribution in [3.63, 3.8) is 0 Å². The molecule has 0 aromatic heterocycles. The van der Waals surface area contributed by atoms with E-state index in [0.29, 0.717) is 44.3 Å². The standard InChI is InChI=1S/C19H25N3O5/c1-12-9-21(10-13(2)27-12)19(24)20-14-7-18(23)22(11-14)15-3-4-16-17(8-15)26-6-5-25-16/h3-4,8,12-14H,5-7,9-11H2,1-2H3,(H,20,24)/t12-,13-,14+/m0/s1. The number of amides is 3. The molecule has 0 radical (unpaired) electrons. The van der Waals surface area contributed by atoms with E-state index in [0.717, 1.165) is 5.69 Å². The molecule has 3 aliphatic rings. The van der Waals surface area contributed by atoms with E-state index in [1.54, 1.807) is 9.80 Å². The maximum absolute atomic E-state index is 12.6. The summed E-state index contributed by atoms with van der Waals surface area (Å²) in [5.74, 6) is 1.33. The Hall–Kier alpha value is -2.48. The molecule has 0 aliphatic carbocycles. The Labute approximate surface area is 158 Å². The van der Waals surface area contributed by atoms with Gasteiger partial charge in [-0.05, 0) is 26.0 Å². The minimum Gasteiger partial charge on any atom is -0.486 e. The Morgan fingerprint density at radius 2 is 1.78 bits per heavy atom. The number of morpholine rings is 1. The molecule has 3 heterocycles. The van der Waals surface area contributed by atoms with Gasteiger partial charge in [0.2, 0.25) is 5.91 Å². The SMILES string of the molecule is C[C@H]1CN(C(=O)N[C@@H]2CC(=O)N(c3ccc4c(c3)OCCO4)C2)C[C@H](C)O1. The number of rotatable bonds is 2. The smallest absolute Gasteiger partial charge is 0.317 e. The second-order valence-electron chi connectivity index (χ2n) is 7.35. The average molecular weight is 375 g/mol. The van der Waals surface area contributed by atoms with Gasteiger partial charge in [-0.15, -0.1) is 0 Å². The predicted octanol–water partition coefficient (Wildman–Crippen LogP) is 1.38. The molecular weight excluding hydrogens is 350 g/mol. The van der Waals surface area contributed by atoms with Gasteiger partial charge in [0, 0.05) is 37.8 Å². The maximum Gasteiger partial charge on any atom is 0.317 e. The normalized spacial score (nSPS) is 27.6. The third kappa shape index (κ3) is 3.80. The first kappa shape index (κ1) is 17.9. The molecule has 146 valence electrons. The molecule has 1 aromatic carbocycles. The highest BCUT2D eigenvalue weighted by Gasteiger charge is 2.34. The Morgan fingerprint density at radius 1 is 1.07 bits per heavy atom. The molecule has 3 amide bonds. The molecule has 2 fully saturated rings. The zero-order chi connectivity index (χ0) is 19.0. The van der Waals surface area contributed by atoms with Gasteiger partial charge in [-0.25, -0.2) is 4.79 Å². The predicted molar refractivity (Wildman–Crippen MR) is 98.3 cm³/mol. The van der Waals surface area contributed by atoms with Gasteiger partial charge < -0.3 is 29.3 Å². The van der Waals surface area contributed by atoms with E-state index < -0.39 is 0 Å². The van der Waals surface area contributed by atoms with Crippen LogP contribution in [0.25, 0.3) is 0 Å². The van der Waals surface area contributed by atoms with Gasteiger partial charge in [0.15, 0.2) is 11.5 Å². The van der Waals surface area contributed by atoms with Crippen LogP contribution in [0.4, 0.5) is 10.5 Å². The maximum atomic E-state index is 12.6. The van der Waals surface area contributed by atoms with Crippen LogP contribution >= 0.6 is 0 Å². The van der Waals surface area contributed by atoms with Crippen LogP contribution in [-0.4, -0.2) is 67.9 Å². The number of ether oxygens (including phenoxy) is 3. The van der Waals surface area contributed by atoms with Gasteiger partial charge in [-0.1, -0.05) is 0 Å². The molecule has 3 aliphatic heterocycles. The van der Waals surface area contributed by atoms with Crippen LogP contribution in [0.1, 0.15) is 20.3 Å². The number of anilines is 1. The highest BCUT2D eigenvalue weighted by Crippen LogP contribution is 2.35. The van der Waals surface area contributed by atoms with Crippen LogP contribution in [0.5, 0.6) is 11.5 Å². The Kier molecular flexibility index (Phi) is 4.82. The van der Waals surface area contributed by atoms with E-state index in [-0.39, 0.29) is 36.6 Å². The summed E-state index contributed by atoms with van der Waals surface area (Å²) in [6.07, 6.45) is 0.313. The number of hydrogen-bond acceptors (Lipinski definition) is 5. The Bertz CT molecular complexity index is 730. The van der Waals surface area contributed by atoms with E-state index in [2.05, 4.69) is 5.32 Å². The molecule has 0 bridgehead atoms. The summed E-state index contributed by atoms with van der Waals surface area (Å²) in [7, 11) is 0. The highest BCUT2D eigenvalue weighted by molar-refractivity contribution is 5.97. The summed E-state index contributed by atoms with van der Waals surface area (Å²) >= 11 is 0. The molecule has 3 atom stereocenters. The lowest BCUT2D eigenvalue weighted by atomic mass is 10.2. The largest absolute Gasteiger partial charge is 0.486 e. The molecule has 1 N–H and O–H groups in total. The third-order valence-corrected chi connectivity index (χ3v) is 5.00. The fourth-order valence-electron chi connectivity index (χ4n) is 3.86. The van der Waals surface area contributed by atoms with Gasteiger partial charge >= 0.3 is 6.03 Å². The van der Waals surface area contributed by atoms with Crippen LogP contribution in [0, 0.1) is 0 Å². The fourth-order valence-corrected chi connectivity index (χ4v) is 3.86. The number of nitrogens with one attached hydrogen (secondary N) is 1. The zero-order valence-electron chi connectivity index (χ0n) is 15.6. The Morgan fingerprint density at radius 3 is 2.52 bits per heavy atom. The van der Waals surface area contributed by atoms with Gasteiger partial charge in [0.05, 0.1) is 18.2 Å². The van der Waals surface area contributed by atoms with Crippen LogP contribution in [0.2, 0.25) is 0 Å². The Balaban J connectivity index is 1.40. The summed E-state index contributed by atoms with van der Waals surface area (Å²) in [6, 6.07) is 5.13. The van der Waals surface area contributed by atoms with Crippen molar-refractivity contribution in [3.05, 3.63) is 18.2 Å². The third-order valence-electron chi connectivity index (χ3n) is 5.00. The lowest BCUT2D eigenvalue weighted by Crippen LogP contribution is -2.53. The van der Waals surface area contributed by atoms with E-state index in [1.165, 1.54) is 0 Å². The van der Waals surface area contributed by atoms with Crippen molar-refractivity contribution in [2.24, 2.45) is 0 Å². The lowest BCUT2D eigenvalue weighted by Gasteiger charge is -2.35. The topological polar surface area (TPSA) is 80.3 Å². The summed E-state index contributed by atoms with van der Waals surface area (Å²) in [6.45, 7) is 6.50. The molecule has 4 rings (SSSR count). The number of urea groups is 1. The average Bonchev–Trinajstić information content (AvgIpc) is 3.00. The molecule has 8 heteroatoms. The second-order valence-corrected chi connectivity index (χ2v) is 7.35. The number of carbonyl (C=O) groups is 2. The fraction of sp³-hybridized carbons (Fsp3) is 0.579. The van der Waals surface area contributed by atoms with Crippen molar-refractivity contribution >= 4 is 17.6 Å².